The minimum atomic E-state index is -0.0703. The standard InChI is InChI=1S/C17H23N3O2S/c1-12(21)14-7-13(10-23-14)8-16(22)19-15(17(2,3)4)9-20-6-5-18-11-20/h5-7,10-11,15H,8-9H2,1-4H3,(H,19,22)/t15-/m0/s1. The number of amides is 1. The number of ketones is 1. The molecule has 2 rings (SSSR count). The van der Waals surface area contributed by atoms with E-state index in [0.29, 0.717) is 17.8 Å². The van der Waals surface area contributed by atoms with E-state index in [9.17, 15) is 9.59 Å². The zero-order valence-corrected chi connectivity index (χ0v) is 14.8. The van der Waals surface area contributed by atoms with Crippen molar-refractivity contribution in [2.45, 2.75) is 46.7 Å². The van der Waals surface area contributed by atoms with Gasteiger partial charge in [-0.05, 0) is 29.3 Å². The molecule has 2 heterocycles. The highest BCUT2D eigenvalue weighted by molar-refractivity contribution is 7.12. The fourth-order valence-corrected chi connectivity index (χ4v) is 3.04. The second kappa shape index (κ2) is 7.08. The molecule has 6 heteroatoms. The number of nitrogens with zero attached hydrogens (tertiary/aromatic N) is 2. The Kier molecular flexibility index (Phi) is 5.36. The van der Waals surface area contributed by atoms with E-state index in [2.05, 4.69) is 31.1 Å². The van der Waals surface area contributed by atoms with Gasteiger partial charge in [-0.15, -0.1) is 11.3 Å². The summed E-state index contributed by atoms with van der Waals surface area (Å²) in [4.78, 5) is 28.4. The first-order valence-corrected chi connectivity index (χ1v) is 8.47. The number of Topliss-reactive ketones (excluding diaryl/α,β-unsaturated/α-hetero) is 1. The van der Waals surface area contributed by atoms with E-state index in [1.54, 1.807) is 18.6 Å². The van der Waals surface area contributed by atoms with Crippen molar-refractivity contribution in [3.05, 3.63) is 40.6 Å². The Labute approximate surface area is 140 Å². The molecule has 2 aromatic heterocycles. The monoisotopic (exact) mass is 333 g/mol. The maximum atomic E-state index is 12.4. The molecule has 1 atom stereocenters. The molecule has 0 aliphatic rings. The second-order valence-electron chi connectivity index (χ2n) is 6.80. The molecule has 124 valence electrons. The van der Waals surface area contributed by atoms with Gasteiger partial charge in [0.05, 0.1) is 23.7 Å². The Bertz CT molecular complexity index is 668. The predicted molar refractivity (Wildman–Crippen MR) is 91.6 cm³/mol. The van der Waals surface area contributed by atoms with Crippen LogP contribution in [0.2, 0.25) is 0 Å². The van der Waals surface area contributed by atoms with Crippen molar-refractivity contribution < 1.29 is 9.59 Å². The van der Waals surface area contributed by atoms with Crippen LogP contribution in [0.3, 0.4) is 0 Å². The highest BCUT2D eigenvalue weighted by atomic mass is 32.1. The van der Waals surface area contributed by atoms with Crippen LogP contribution in [-0.2, 0) is 17.8 Å². The van der Waals surface area contributed by atoms with Crippen molar-refractivity contribution in [1.29, 1.82) is 0 Å². The van der Waals surface area contributed by atoms with Crippen LogP contribution in [0, 0.1) is 5.41 Å². The molecule has 5 nitrogen and oxygen atoms in total. The average Bonchev–Trinajstić information content (AvgIpc) is 3.08. The van der Waals surface area contributed by atoms with Crippen LogP contribution in [0.5, 0.6) is 0 Å². The zero-order valence-electron chi connectivity index (χ0n) is 14.0. The number of carbonyl (C=O) groups is 2. The van der Waals surface area contributed by atoms with Gasteiger partial charge in [0.2, 0.25) is 5.91 Å². The summed E-state index contributed by atoms with van der Waals surface area (Å²) in [5.41, 5.74) is 0.812. The van der Waals surface area contributed by atoms with Crippen molar-refractivity contribution in [3.8, 4) is 0 Å². The highest BCUT2D eigenvalue weighted by Crippen LogP contribution is 2.21. The third-order valence-electron chi connectivity index (χ3n) is 3.70. The Balaban J connectivity index is 2.00. The number of imidazole rings is 1. The van der Waals surface area contributed by atoms with Gasteiger partial charge in [0, 0.05) is 18.9 Å². The van der Waals surface area contributed by atoms with E-state index in [4.69, 9.17) is 0 Å². The van der Waals surface area contributed by atoms with Gasteiger partial charge in [0.25, 0.3) is 0 Å². The zero-order chi connectivity index (χ0) is 17.0. The SMILES string of the molecule is CC(=O)c1cc(CC(=O)N[C@@H](Cn2ccnc2)C(C)(C)C)cs1. The molecule has 0 saturated carbocycles. The molecule has 0 bridgehead atoms. The van der Waals surface area contributed by atoms with Gasteiger partial charge in [-0.2, -0.15) is 0 Å². The molecule has 0 fully saturated rings. The lowest BCUT2D eigenvalue weighted by atomic mass is 9.86. The summed E-state index contributed by atoms with van der Waals surface area (Å²) in [6.45, 7) is 8.53. The molecule has 0 spiro atoms. The van der Waals surface area contributed by atoms with Crippen LogP contribution in [0.1, 0.15) is 42.9 Å². The summed E-state index contributed by atoms with van der Waals surface area (Å²) < 4.78 is 1.97. The summed E-state index contributed by atoms with van der Waals surface area (Å²) in [7, 11) is 0. The highest BCUT2D eigenvalue weighted by Gasteiger charge is 2.26. The molecule has 2 aromatic rings. The van der Waals surface area contributed by atoms with Gasteiger partial charge >= 0.3 is 0 Å². The Hall–Kier alpha value is -1.95. The minimum Gasteiger partial charge on any atom is -0.351 e. The van der Waals surface area contributed by atoms with Gasteiger partial charge in [-0.3, -0.25) is 9.59 Å². The average molecular weight is 333 g/mol. The van der Waals surface area contributed by atoms with Gasteiger partial charge in [-0.25, -0.2) is 4.98 Å². The molecule has 1 amide bonds. The molecule has 0 aliphatic heterocycles. The summed E-state index contributed by atoms with van der Waals surface area (Å²) >= 11 is 1.39. The summed E-state index contributed by atoms with van der Waals surface area (Å²) in [5, 5.41) is 4.99. The van der Waals surface area contributed by atoms with Crippen LogP contribution in [-0.4, -0.2) is 27.3 Å². The van der Waals surface area contributed by atoms with Gasteiger partial charge in [0.15, 0.2) is 5.78 Å². The van der Waals surface area contributed by atoms with Crippen molar-refractivity contribution in [1.82, 2.24) is 14.9 Å². The molecule has 0 radical (unpaired) electrons. The van der Waals surface area contributed by atoms with Crippen LogP contribution in [0.25, 0.3) is 0 Å². The predicted octanol–water partition coefficient (Wildman–Crippen LogP) is 2.92. The van der Waals surface area contributed by atoms with Gasteiger partial charge in [-0.1, -0.05) is 20.8 Å². The lowest BCUT2D eigenvalue weighted by molar-refractivity contribution is -0.122. The van der Waals surface area contributed by atoms with Crippen molar-refractivity contribution in [2.75, 3.05) is 0 Å². The molecule has 0 aromatic carbocycles. The van der Waals surface area contributed by atoms with Crippen LogP contribution < -0.4 is 5.32 Å². The van der Waals surface area contributed by atoms with Crippen LogP contribution >= 0.6 is 11.3 Å². The van der Waals surface area contributed by atoms with E-state index < -0.39 is 0 Å². The molecule has 0 unspecified atom stereocenters. The van der Waals surface area contributed by atoms with Gasteiger partial charge < -0.3 is 9.88 Å². The molecule has 23 heavy (non-hydrogen) atoms. The minimum absolute atomic E-state index is 0.00452. The van der Waals surface area contributed by atoms with E-state index >= 15 is 0 Å². The summed E-state index contributed by atoms with van der Waals surface area (Å²) in [6.07, 6.45) is 5.67. The topological polar surface area (TPSA) is 64.0 Å². The lowest BCUT2D eigenvalue weighted by Gasteiger charge is -2.31. The fourth-order valence-electron chi connectivity index (χ4n) is 2.23. The van der Waals surface area contributed by atoms with Gasteiger partial charge in [0.1, 0.15) is 0 Å². The Morgan fingerprint density at radius 3 is 2.65 bits per heavy atom. The normalized spacial score (nSPS) is 12.9. The Morgan fingerprint density at radius 2 is 2.13 bits per heavy atom. The lowest BCUT2D eigenvalue weighted by Crippen LogP contribution is -2.46. The third kappa shape index (κ3) is 5.03. The Morgan fingerprint density at radius 1 is 1.39 bits per heavy atom. The van der Waals surface area contributed by atoms with Crippen molar-refractivity contribution in [3.63, 3.8) is 0 Å². The number of hydrogen-bond acceptors (Lipinski definition) is 4. The number of aromatic nitrogens is 2. The number of rotatable bonds is 6. The first kappa shape index (κ1) is 17.4. The van der Waals surface area contributed by atoms with E-state index in [-0.39, 0.29) is 23.1 Å². The quantitative estimate of drug-likeness (QED) is 0.827. The number of hydrogen-bond donors (Lipinski definition) is 1. The van der Waals surface area contributed by atoms with Crippen molar-refractivity contribution in [2.24, 2.45) is 5.41 Å². The van der Waals surface area contributed by atoms with E-state index in [0.717, 1.165) is 5.56 Å². The molecule has 0 saturated heterocycles. The number of thiophene rings is 1. The third-order valence-corrected chi connectivity index (χ3v) is 4.78. The summed E-state index contributed by atoms with van der Waals surface area (Å²) in [5.74, 6) is 0.00674. The summed E-state index contributed by atoms with van der Waals surface area (Å²) in [6, 6.07) is 1.80. The molecular weight excluding hydrogens is 310 g/mol. The molecule has 0 aliphatic carbocycles. The fraction of sp³-hybridized carbons (Fsp3) is 0.471. The maximum absolute atomic E-state index is 12.4. The molecular formula is C17H23N3O2S. The first-order valence-electron chi connectivity index (χ1n) is 7.59. The van der Waals surface area contributed by atoms with Crippen molar-refractivity contribution >= 4 is 23.0 Å². The van der Waals surface area contributed by atoms with E-state index in [1.165, 1.54) is 18.3 Å². The largest absolute Gasteiger partial charge is 0.351 e. The van der Waals surface area contributed by atoms with Crippen LogP contribution in [0.4, 0.5) is 0 Å². The first-order chi connectivity index (χ1) is 10.8. The number of carbonyl (C=O) groups excluding carboxylic acids is 2. The smallest absolute Gasteiger partial charge is 0.224 e. The molecule has 1 N–H and O–H groups in total. The maximum Gasteiger partial charge on any atom is 0.224 e. The second-order valence-corrected chi connectivity index (χ2v) is 7.71. The van der Waals surface area contributed by atoms with E-state index in [1.807, 2.05) is 16.1 Å². The number of nitrogens with one attached hydrogen (secondary N) is 1. The van der Waals surface area contributed by atoms with Crippen LogP contribution in [0.15, 0.2) is 30.2 Å².